The molecule has 33 heavy (non-hydrogen) atoms. The second kappa shape index (κ2) is 12.4. The molecule has 2 N–H and O–H groups in total. The second-order valence-corrected chi connectivity index (χ2v) is 8.97. The molecular weight excluding hydrogens is 538 g/mol. The normalized spacial score (nSPS) is 13.2. The maximum atomic E-state index is 12.7. The van der Waals surface area contributed by atoms with Crippen LogP contribution in [0.5, 0.6) is 0 Å². The zero-order valence-electron chi connectivity index (χ0n) is 18.3. The monoisotopic (exact) mass is 565 g/mol. The van der Waals surface area contributed by atoms with E-state index in [1.54, 1.807) is 48.5 Å². The SMILES string of the molecule is Cc1[c-]c(C)cc(C)c1.NC(c1ccccc1)C([N-]S(=O)(=O)C(F)(F)F)c1ccccc1.[RuH+2]. The molecule has 3 rings (SSSR count). The first-order chi connectivity index (χ1) is 14.9. The fraction of sp³-hybridized carbons (Fsp3) is 0.250. The molecule has 3 aromatic rings. The van der Waals surface area contributed by atoms with Crippen molar-refractivity contribution < 1.29 is 41.1 Å². The molecule has 2 unspecified atom stereocenters. The average Bonchev–Trinajstić information content (AvgIpc) is 2.71. The van der Waals surface area contributed by atoms with Gasteiger partial charge in [0.15, 0.2) is 10.0 Å². The summed E-state index contributed by atoms with van der Waals surface area (Å²) in [6.07, 6.45) is 0. The van der Waals surface area contributed by atoms with E-state index in [0.29, 0.717) is 5.56 Å². The van der Waals surface area contributed by atoms with Gasteiger partial charge in [0.25, 0.3) is 0 Å². The topological polar surface area (TPSA) is 74.3 Å². The molecule has 0 saturated heterocycles. The van der Waals surface area contributed by atoms with Gasteiger partial charge in [-0.25, -0.2) is 8.42 Å². The van der Waals surface area contributed by atoms with Crippen molar-refractivity contribution in [3.05, 3.63) is 111 Å². The van der Waals surface area contributed by atoms with Crippen molar-refractivity contribution in [1.29, 1.82) is 0 Å². The number of aryl methyl sites for hydroxylation is 3. The molecule has 179 valence electrons. The fourth-order valence-corrected chi connectivity index (χ4v) is 3.83. The molecule has 3 aromatic carbocycles. The predicted octanol–water partition coefficient (Wildman–Crippen LogP) is 5.79. The number of benzene rings is 3. The molecule has 0 heterocycles. The van der Waals surface area contributed by atoms with Crippen molar-refractivity contribution in [1.82, 2.24) is 0 Å². The Bertz CT molecular complexity index is 1060. The van der Waals surface area contributed by atoms with E-state index < -0.39 is 27.6 Å². The first-order valence-electron chi connectivity index (χ1n) is 9.77. The molecule has 0 aliphatic rings. The third kappa shape index (κ3) is 8.67. The molecule has 0 radical (unpaired) electrons. The Kier molecular flexibility index (Phi) is 10.9. The van der Waals surface area contributed by atoms with E-state index in [1.165, 1.54) is 28.8 Å². The quantitative estimate of drug-likeness (QED) is 0.315. The first kappa shape index (κ1) is 29.0. The zero-order valence-corrected chi connectivity index (χ0v) is 21.0. The summed E-state index contributed by atoms with van der Waals surface area (Å²) in [5.41, 5.74) is 5.09. The van der Waals surface area contributed by atoms with Crippen LogP contribution in [0.3, 0.4) is 0 Å². The minimum atomic E-state index is -5.65. The van der Waals surface area contributed by atoms with Crippen LogP contribution in [0.1, 0.15) is 39.9 Å². The number of nitrogens with two attached hydrogens (primary N) is 1. The van der Waals surface area contributed by atoms with Gasteiger partial charge in [0, 0.05) is 6.04 Å². The summed E-state index contributed by atoms with van der Waals surface area (Å²) in [6.45, 7) is 6.24. The number of hydrogen-bond acceptors (Lipinski definition) is 3. The Morgan fingerprint density at radius 2 is 1.27 bits per heavy atom. The molecule has 0 spiro atoms. The van der Waals surface area contributed by atoms with Crippen LogP contribution in [0.4, 0.5) is 13.2 Å². The fourth-order valence-electron chi connectivity index (χ4n) is 3.16. The number of hydrogen-bond donors (Lipinski definition) is 1. The van der Waals surface area contributed by atoms with Crippen molar-refractivity contribution >= 4 is 10.0 Å². The minimum absolute atomic E-state index is 0. The van der Waals surface area contributed by atoms with Gasteiger partial charge >= 0.3 is 25.0 Å². The molecule has 0 amide bonds. The van der Waals surface area contributed by atoms with E-state index in [9.17, 15) is 21.6 Å². The van der Waals surface area contributed by atoms with Crippen molar-refractivity contribution in [3.63, 3.8) is 0 Å². The van der Waals surface area contributed by atoms with Gasteiger partial charge in [-0.1, -0.05) is 93.0 Å². The van der Waals surface area contributed by atoms with Crippen molar-refractivity contribution in [3.8, 4) is 0 Å². The zero-order chi connectivity index (χ0) is 23.9. The Hall–Kier alpha value is -2.06. The van der Waals surface area contributed by atoms with Gasteiger partial charge in [-0.2, -0.15) is 48.1 Å². The summed E-state index contributed by atoms with van der Waals surface area (Å²) in [7, 11) is -5.65. The van der Waals surface area contributed by atoms with E-state index in [0.717, 1.165) is 0 Å². The predicted molar refractivity (Wildman–Crippen MR) is 122 cm³/mol. The molecule has 9 heteroatoms. The summed E-state index contributed by atoms with van der Waals surface area (Å²) in [5.74, 6) is 0. The third-order valence-electron chi connectivity index (χ3n) is 4.49. The van der Waals surface area contributed by atoms with Crippen LogP contribution in [0.25, 0.3) is 4.72 Å². The summed E-state index contributed by atoms with van der Waals surface area (Å²) < 4.78 is 63.9. The summed E-state index contributed by atoms with van der Waals surface area (Å²) >= 11 is 0. The van der Waals surface area contributed by atoms with Gasteiger partial charge in [-0.15, -0.1) is 0 Å². The van der Waals surface area contributed by atoms with Crippen LogP contribution >= 0.6 is 0 Å². The number of halogens is 3. The van der Waals surface area contributed by atoms with Gasteiger partial charge < -0.3 is 10.5 Å². The van der Waals surface area contributed by atoms with Gasteiger partial charge in [0.1, 0.15) is 0 Å². The van der Waals surface area contributed by atoms with Crippen molar-refractivity contribution in [2.75, 3.05) is 0 Å². The van der Waals surface area contributed by atoms with Crippen LogP contribution < -0.4 is 5.73 Å². The van der Waals surface area contributed by atoms with E-state index in [-0.39, 0.29) is 25.0 Å². The summed E-state index contributed by atoms with van der Waals surface area (Å²) in [6, 6.07) is 21.1. The Morgan fingerprint density at radius 1 is 0.848 bits per heavy atom. The van der Waals surface area contributed by atoms with Crippen LogP contribution in [-0.2, 0) is 29.5 Å². The molecule has 0 aliphatic carbocycles. The molecule has 0 bridgehead atoms. The molecule has 4 nitrogen and oxygen atoms in total. The van der Waals surface area contributed by atoms with Crippen molar-refractivity contribution in [2.24, 2.45) is 5.73 Å². The summed E-state index contributed by atoms with van der Waals surface area (Å²) in [5, 5.41) is 0. The first-order valence-corrected chi connectivity index (χ1v) is 11.2. The van der Waals surface area contributed by atoms with Gasteiger partial charge in [0.05, 0.1) is 0 Å². The molecule has 2 atom stereocenters. The van der Waals surface area contributed by atoms with E-state index in [2.05, 4.69) is 43.7 Å². The van der Waals surface area contributed by atoms with Crippen LogP contribution in [0, 0.1) is 26.8 Å². The third-order valence-corrected chi connectivity index (χ3v) is 5.58. The number of rotatable bonds is 5. The molecule has 0 aliphatic heterocycles. The van der Waals surface area contributed by atoms with Crippen molar-refractivity contribution in [2.45, 2.75) is 38.4 Å². The van der Waals surface area contributed by atoms with Crippen LogP contribution in [0.2, 0.25) is 0 Å². The van der Waals surface area contributed by atoms with E-state index >= 15 is 0 Å². The number of alkyl halides is 3. The Labute approximate surface area is 206 Å². The second-order valence-electron chi connectivity index (χ2n) is 7.34. The van der Waals surface area contributed by atoms with E-state index in [4.69, 9.17) is 5.73 Å². The molecular formula is C24H26F3N2O2RuS. The number of nitrogens with zero attached hydrogens (tertiary/aromatic N) is 1. The Balaban J connectivity index is 0.000000458. The van der Waals surface area contributed by atoms with Gasteiger partial charge in [-0.3, -0.25) is 0 Å². The maximum absolute atomic E-state index is 12.7. The Morgan fingerprint density at radius 3 is 1.67 bits per heavy atom. The molecule has 0 saturated carbocycles. The summed E-state index contributed by atoms with van der Waals surface area (Å²) in [4.78, 5) is 0. The van der Waals surface area contributed by atoms with Gasteiger partial charge in [0.2, 0.25) is 0 Å². The van der Waals surface area contributed by atoms with Crippen LogP contribution in [-0.4, -0.2) is 13.9 Å². The average molecular weight is 565 g/mol. The van der Waals surface area contributed by atoms with Gasteiger partial charge in [-0.05, 0) is 5.56 Å². The molecule has 0 fully saturated rings. The molecule has 0 aromatic heterocycles. The standard InChI is InChI=1S/C15H14F3N2O2S.C9H11.Ru.H/c16-15(17,18)23(21,22)20-14(12-9-5-2-6-10-12)13(19)11-7-3-1-4-8-11;1-7-4-8(2)6-9(3)5-7;;/h1-10,13-14H,19H2;4-5H,1-3H3;;/q2*-1;+2;. The van der Waals surface area contributed by atoms with E-state index in [1.807, 2.05) is 0 Å². The number of sulfonamides is 1. The van der Waals surface area contributed by atoms with Crippen LogP contribution in [0.15, 0.2) is 72.8 Å².